The molecule has 4 nitrogen and oxygen atoms in total. The SMILES string of the molecule is CNCc1cc(Br)cc(C)c1OCCCC(=O)OC. The van der Waals surface area contributed by atoms with Gasteiger partial charge in [-0.15, -0.1) is 0 Å². The fourth-order valence-corrected chi connectivity index (χ4v) is 2.44. The van der Waals surface area contributed by atoms with Crippen molar-refractivity contribution in [3.05, 3.63) is 27.7 Å². The lowest BCUT2D eigenvalue weighted by molar-refractivity contribution is -0.140. The van der Waals surface area contributed by atoms with Crippen LogP contribution in [0.25, 0.3) is 0 Å². The molecule has 1 aromatic rings. The van der Waals surface area contributed by atoms with Crippen LogP contribution in [0.4, 0.5) is 0 Å². The Balaban J connectivity index is 2.63. The Hall–Kier alpha value is -1.07. The van der Waals surface area contributed by atoms with E-state index in [2.05, 4.69) is 26.0 Å². The van der Waals surface area contributed by atoms with Crippen LogP contribution < -0.4 is 10.1 Å². The van der Waals surface area contributed by atoms with Gasteiger partial charge in [-0.1, -0.05) is 15.9 Å². The Labute approximate surface area is 122 Å². The molecule has 19 heavy (non-hydrogen) atoms. The van der Waals surface area contributed by atoms with Gasteiger partial charge >= 0.3 is 5.97 Å². The molecule has 0 fully saturated rings. The summed E-state index contributed by atoms with van der Waals surface area (Å²) < 4.78 is 11.4. The fraction of sp³-hybridized carbons (Fsp3) is 0.500. The number of carbonyl (C=O) groups excluding carboxylic acids is 1. The van der Waals surface area contributed by atoms with E-state index in [0.717, 1.165) is 27.9 Å². The number of esters is 1. The molecule has 0 spiro atoms. The molecule has 0 bridgehead atoms. The predicted molar refractivity (Wildman–Crippen MR) is 78.4 cm³/mol. The van der Waals surface area contributed by atoms with Crippen LogP contribution in [0.3, 0.4) is 0 Å². The maximum Gasteiger partial charge on any atom is 0.305 e. The van der Waals surface area contributed by atoms with E-state index in [9.17, 15) is 4.79 Å². The Kier molecular flexibility index (Phi) is 6.87. The number of ether oxygens (including phenoxy) is 2. The van der Waals surface area contributed by atoms with E-state index in [1.54, 1.807) is 0 Å². The van der Waals surface area contributed by atoms with Gasteiger partial charge in [-0.05, 0) is 38.1 Å². The number of benzene rings is 1. The summed E-state index contributed by atoms with van der Waals surface area (Å²) in [5.41, 5.74) is 2.19. The van der Waals surface area contributed by atoms with E-state index >= 15 is 0 Å². The third kappa shape index (κ3) is 5.20. The molecule has 0 aliphatic heterocycles. The van der Waals surface area contributed by atoms with Crippen molar-refractivity contribution in [3.8, 4) is 5.75 Å². The van der Waals surface area contributed by atoms with Gasteiger partial charge in [0.2, 0.25) is 0 Å². The second-order valence-corrected chi connectivity index (χ2v) is 5.19. The summed E-state index contributed by atoms with van der Waals surface area (Å²) in [5, 5.41) is 3.12. The van der Waals surface area contributed by atoms with Crippen LogP contribution in [-0.2, 0) is 16.1 Å². The number of hydrogen-bond donors (Lipinski definition) is 1. The average molecular weight is 330 g/mol. The van der Waals surface area contributed by atoms with E-state index in [1.165, 1.54) is 7.11 Å². The van der Waals surface area contributed by atoms with Gasteiger partial charge in [0, 0.05) is 23.0 Å². The molecule has 1 rings (SSSR count). The van der Waals surface area contributed by atoms with E-state index in [0.29, 0.717) is 19.4 Å². The third-order valence-corrected chi connectivity index (χ3v) is 3.14. The molecule has 0 radical (unpaired) electrons. The average Bonchev–Trinajstić information content (AvgIpc) is 2.36. The van der Waals surface area contributed by atoms with E-state index in [-0.39, 0.29) is 5.97 Å². The van der Waals surface area contributed by atoms with Crippen LogP contribution in [0, 0.1) is 6.92 Å². The minimum Gasteiger partial charge on any atom is -0.493 e. The highest BCUT2D eigenvalue weighted by atomic mass is 79.9. The molecule has 0 unspecified atom stereocenters. The van der Waals surface area contributed by atoms with Gasteiger partial charge in [-0.2, -0.15) is 0 Å². The summed E-state index contributed by atoms with van der Waals surface area (Å²) in [6, 6.07) is 4.06. The standard InChI is InChI=1S/C14H20BrNO3/c1-10-7-12(15)8-11(9-16-2)14(10)19-6-4-5-13(17)18-3/h7-8,16H,4-6,9H2,1-3H3. The van der Waals surface area contributed by atoms with Crippen molar-refractivity contribution in [3.63, 3.8) is 0 Å². The fourth-order valence-electron chi connectivity index (χ4n) is 1.82. The molecule has 0 heterocycles. The van der Waals surface area contributed by atoms with Gasteiger partial charge in [0.1, 0.15) is 5.75 Å². The Morgan fingerprint density at radius 3 is 2.79 bits per heavy atom. The number of aryl methyl sites for hydroxylation is 1. The molecule has 0 aliphatic carbocycles. The highest BCUT2D eigenvalue weighted by Crippen LogP contribution is 2.28. The lowest BCUT2D eigenvalue weighted by Crippen LogP contribution is -2.10. The second kappa shape index (κ2) is 8.17. The van der Waals surface area contributed by atoms with Crippen molar-refractivity contribution in [2.75, 3.05) is 20.8 Å². The van der Waals surface area contributed by atoms with Gasteiger partial charge in [-0.3, -0.25) is 4.79 Å². The van der Waals surface area contributed by atoms with E-state index < -0.39 is 0 Å². The van der Waals surface area contributed by atoms with Gasteiger partial charge in [0.25, 0.3) is 0 Å². The molecule has 5 heteroatoms. The maximum atomic E-state index is 11.0. The Morgan fingerprint density at radius 1 is 1.42 bits per heavy atom. The van der Waals surface area contributed by atoms with Crippen molar-refractivity contribution < 1.29 is 14.3 Å². The van der Waals surface area contributed by atoms with Crippen molar-refractivity contribution in [2.45, 2.75) is 26.3 Å². The number of hydrogen-bond acceptors (Lipinski definition) is 4. The summed E-state index contributed by atoms with van der Waals surface area (Å²) in [7, 11) is 3.30. The number of carbonyl (C=O) groups is 1. The summed E-state index contributed by atoms with van der Waals surface area (Å²) >= 11 is 3.48. The Bertz CT molecular complexity index is 435. The smallest absolute Gasteiger partial charge is 0.305 e. The minimum atomic E-state index is -0.202. The summed E-state index contributed by atoms with van der Waals surface area (Å²) in [6.07, 6.45) is 1.04. The predicted octanol–water partition coefficient (Wildman–Crippen LogP) is 2.81. The molecule has 0 aliphatic rings. The van der Waals surface area contributed by atoms with Crippen LogP contribution in [0.2, 0.25) is 0 Å². The van der Waals surface area contributed by atoms with Crippen molar-refractivity contribution in [2.24, 2.45) is 0 Å². The third-order valence-electron chi connectivity index (χ3n) is 2.68. The van der Waals surface area contributed by atoms with Crippen molar-refractivity contribution in [1.82, 2.24) is 5.32 Å². The van der Waals surface area contributed by atoms with Crippen molar-refractivity contribution >= 4 is 21.9 Å². The van der Waals surface area contributed by atoms with E-state index in [4.69, 9.17) is 4.74 Å². The minimum absolute atomic E-state index is 0.202. The monoisotopic (exact) mass is 329 g/mol. The van der Waals surface area contributed by atoms with E-state index in [1.807, 2.05) is 26.1 Å². The van der Waals surface area contributed by atoms with Gasteiger partial charge in [0.15, 0.2) is 0 Å². The maximum absolute atomic E-state index is 11.0. The zero-order chi connectivity index (χ0) is 14.3. The van der Waals surface area contributed by atoms with Gasteiger partial charge in [-0.25, -0.2) is 0 Å². The number of halogens is 1. The topological polar surface area (TPSA) is 47.6 Å². The molecule has 0 atom stereocenters. The summed E-state index contributed by atoms with van der Waals surface area (Å²) in [5.74, 6) is 0.689. The normalized spacial score (nSPS) is 10.3. The number of nitrogens with one attached hydrogen (secondary N) is 1. The molecule has 0 amide bonds. The molecule has 0 saturated carbocycles. The van der Waals surface area contributed by atoms with Crippen LogP contribution in [0.1, 0.15) is 24.0 Å². The van der Waals surface area contributed by atoms with Crippen molar-refractivity contribution in [1.29, 1.82) is 0 Å². The summed E-state index contributed by atoms with van der Waals surface area (Å²) in [6.45, 7) is 3.26. The zero-order valence-electron chi connectivity index (χ0n) is 11.6. The number of rotatable bonds is 7. The molecule has 0 saturated heterocycles. The van der Waals surface area contributed by atoms with Gasteiger partial charge < -0.3 is 14.8 Å². The molecular weight excluding hydrogens is 310 g/mol. The first-order valence-electron chi connectivity index (χ1n) is 6.21. The van der Waals surface area contributed by atoms with Crippen LogP contribution in [0.15, 0.2) is 16.6 Å². The quantitative estimate of drug-likeness (QED) is 0.617. The highest BCUT2D eigenvalue weighted by Gasteiger charge is 2.09. The second-order valence-electron chi connectivity index (χ2n) is 4.27. The van der Waals surface area contributed by atoms with Crippen LogP contribution in [-0.4, -0.2) is 26.7 Å². The first kappa shape index (κ1) is 16.0. The largest absolute Gasteiger partial charge is 0.493 e. The molecule has 1 aromatic carbocycles. The lowest BCUT2D eigenvalue weighted by atomic mass is 10.1. The van der Waals surface area contributed by atoms with Crippen LogP contribution >= 0.6 is 15.9 Å². The lowest BCUT2D eigenvalue weighted by Gasteiger charge is -2.14. The molecule has 106 valence electrons. The molecule has 1 N–H and O–H groups in total. The van der Waals surface area contributed by atoms with Gasteiger partial charge in [0.05, 0.1) is 13.7 Å². The highest BCUT2D eigenvalue weighted by molar-refractivity contribution is 9.10. The number of methoxy groups -OCH3 is 1. The zero-order valence-corrected chi connectivity index (χ0v) is 13.2. The summed E-state index contributed by atoms with van der Waals surface area (Å²) in [4.78, 5) is 11.0. The Morgan fingerprint density at radius 2 is 2.16 bits per heavy atom. The first-order valence-corrected chi connectivity index (χ1v) is 7.01. The van der Waals surface area contributed by atoms with Crippen LogP contribution in [0.5, 0.6) is 5.75 Å². The molecular formula is C14H20BrNO3. The first-order chi connectivity index (χ1) is 9.08. The molecule has 0 aromatic heterocycles.